The number of carbonyl (C=O) groups is 6. The fourth-order valence-corrected chi connectivity index (χ4v) is 4.69. The van der Waals surface area contributed by atoms with Crippen molar-refractivity contribution in [2.24, 2.45) is 5.41 Å². The summed E-state index contributed by atoms with van der Waals surface area (Å²) in [7, 11) is 2.05. The number of methoxy groups -OCH3 is 2. The van der Waals surface area contributed by atoms with Crippen LogP contribution in [-0.2, 0) is 28.7 Å². The maximum absolute atomic E-state index is 14.1. The summed E-state index contributed by atoms with van der Waals surface area (Å²) in [5.41, 5.74) is 1.30. The first-order valence-electron chi connectivity index (χ1n) is 12.1. The lowest BCUT2D eigenvalue weighted by Gasteiger charge is -2.27. The number of hydrazine groups is 2. The van der Waals surface area contributed by atoms with Crippen LogP contribution in [0, 0.1) is 5.41 Å². The van der Waals surface area contributed by atoms with Crippen molar-refractivity contribution in [2.75, 3.05) is 24.9 Å². The lowest BCUT2D eigenvalue weighted by atomic mass is 9.74. The second-order valence-corrected chi connectivity index (χ2v) is 8.80. The smallest absolute Gasteiger partial charge is 0.338 e. The molecule has 4 N–H and O–H groups in total. The first kappa shape index (κ1) is 28.4. The SMILES string of the molecule is COC(=O)C1=C(C)N(NC(=O)Nc2ccccc2)C(=O)C12C(=O)N(NC(=O)Nc1ccccc1)C(C)=C2C(=O)OC. The van der Waals surface area contributed by atoms with E-state index in [4.69, 9.17) is 9.47 Å². The molecule has 2 aliphatic heterocycles. The minimum Gasteiger partial charge on any atom is -0.466 e. The Morgan fingerprint density at radius 2 is 0.976 bits per heavy atom. The largest absolute Gasteiger partial charge is 0.466 e. The maximum Gasteiger partial charge on any atom is 0.338 e. The third-order valence-electron chi connectivity index (χ3n) is 6.46. The van der Waals surface area contributed by atoms with Crippen molar-refractivity contribution in [2.45, 2.75) is 13.8 Å². The fraction of sp³-hybridized carbons (Fsp3) is 0.185. The van der Waals surface area contributed by atoms with Crippen LogP contribution in [0.3, 0.4) is 0 Å². The predicted octanol–water partition coefficient (Wildman–Crippen LogP) is 2.02. The van der Waals surface area contributed by atoms with Crippen molar-refractivity contribution in [1.29, 1.82) is 0 Å². The molecule has 6 amide bonds. The Bertz CT molecular complexity index is 1390. The first-order valence-corrected chi connectivity index (χ1v) is 12.1. The number of urea groups is 2. The molecule has 41 heavy (non-hydrogen) atoms. The summed E-state index contributed by atoms with van der Waals surface area (Å²) < 4.78 is 9.76. The van der Waals surface area contributed by atoms with Gasteiger partial charge in [0.05, 0.1) is 36.8 Å². The van der Waals surface area contributed by atoms with Crippen LogP contribution in [0.15, 0.2) is 83.2 Å². The Balaban J connectivity index is 1.75. The van der Waals surface area contributed by atoms with E-state index in [0.29, 0.717) is 21.4 Å². The van der Waals surface area contributed by atoms with E-state index in [0.717, 1.165) is 14.2 Å². The first-order chi connectivity index (χ1) is 19.6. The summed E-state index contributed by atoms with van der Waals surface area (Å²) >= 11 is 0. The zero-order chi connectivity index (χ0) is 29.9. The van der Waals surface area contributed by atoms with Crippen molar-refractivity contribution < 1.29 is 38.2 Å². The molecule has 2 aromatic rings. The highest BCUT2D eigenvalue weighted by atomic mass is 16.5. The third-order valence-corrected chi connectivity index (χ3v) is 6.46. The number of hydrogen-bond acceptors (Lipinski definition) is 8. The molecule has 14 heteroatoms. The molecule has 1 spiro atoms. The number of hydrogen-bond donors (Lipinski definition) is 4. The highest BCUT2D eigenvalue weighted by Gasteiger charge is 2.70. The number of ether oxygens (including phenoxy) is 2. The summed E-state index contributed by atoms with van der Waals surface area (Å²) in [6, 6.07) is 14.8. The van der Waals surface area contributed by atoms with E-state index in [9.17, 15) is 28.8 Å². The molecule has 14 nitrogen and oxygen atoms in total. The van der Waals surface area contributed by atoms with Gasteiger partial charge in [0.2, 0.25) is 0 Å². The average molecular weight is 563 g/mol. The van der Waals surface area contributed by atoms with E-state index in [1.807, 2.05) is 0 Å². The van der Waals surface area contributed by atoms with Crippen LogP contribution in [-0.4, -0.2) is 60.1 Å². The van der Waals surface area contributed by atoms with Crippen molar-refractivity contribution in [3.63, 3.8) is 0 Å². The number of esters is 2. The van der Waals surface area contributed by atoms with Crippen LogP contribution in [0.5, 0.6) is 0 Å². The van der Waals surface area contributed by atoms with Gasteiger partial charge in [0.25, 0.3) is 11.8 Å². The minimum absolute atomic E-state index is 0.191. The van der Waals surface area contributed by atoms with Gasteiger partial charge in [-0.3, -0.25) is 9.59 Å². The van der Waals surface area contributed by atoms with E-state index < -0.39 is 52.4 Å². The van der Waals surface area contributed by atoms with Crippen LogP contribution in [0.25, 0.3) is 0 Å². The summed E-state index contributed by atoms with van der Waals surface area (Å²) in [4.78, 5) is 79.9. The molecule has 2 heterocycles. The molecular weight excluding hydrogens is 536 g/mol. The average Bonchev–Trinajstić information content (AvgIpc) is 3.30. The van der Waals surface area contributed by atoms with E-state index in [-0.39, 0.29) is 11.4 Å². The molecule has 2 aliphatic rings. The van der Waals surface area contributed by atoms with Crippen molar-refractivity contribution in [3.8, 4) is 0 Å². The zero-order valence-corrected chi connectivity index (χ0v) is 22.4. The lowest BCUT2D eigenvalue weighted by Crippen LogP contribution is -2.55. The number of carbonyl (C=O) groups excluding carboxylic acids is 6. The van der Waals surface area contributed by atoms with Gasteiger partial charge in [-0.25, -0.2) is 40.0 Å². The number of benzene rings is 2. The van der Waals surface area contributed by atoms with Crippen LogP contribution in [0.1, 0.15) is 13.8 Å². The highest BCUT2D eigenvalue weighted by Crippen LogP contribution is 2.52. The van der Waals surface area contributed by atoms with Crippen molar-refractivity contribution in [1.82, 2.24) is 20.9 Å². The van der Waals surface area contributed by atoms with Gasteiger partial charge in [0, 0.05) is 11.4 Å². The standard InChI is InChI=1S/C27H26N6O8/c1-15-19(21(34)40-3)27(23(36)32(15)30-25(38)28-17-11-7-5-8-12-17)20(22(35)41-4)16(2)33(24(27)37)31-26(39)29-18-13-9-6-10-14-18/h5-14H,1-4H3,(H2,28,30,38)(H2,29,31,39). The van der Waals surface area contributed by atoms with Gasteiger partial charge >= 0.3 is 24.0 Å². The quantitative estimate of drug-likeness (QED) is 0.305. The molecule has 212 valence electrons. The zero-order valence-electron chi connectivity index (χ0n) is 22.4. The van der Waals surface area contributed by atoms with Crippen LogP contribution in [0.4, 0.5) is 21.0 Å². The van der Waals surface area contributed by atoms with Gasteiger partial charge in [-0.1, -0.05) is 36.4 Å². The van der Waals surface area contributed by atoms with Crippen LogP contribution in [0.2, 0.25) is 0 Å². The summed E-state index contributed by atoms with van der Waals surface area (Å²) in [5, 5.41) is 6.39. The van der Waals surface area contributed by atoms with Crippen LogP contribution < -0.4 is 21.5 Å². The number of amides is 6. The predicted molar refractivity (Wildman–Crippen MR) is 143 cm³/mol. The normalized spacial score (nSPS) is 15.7. The van der Waals surface area contributed by atoms with Crippen molar-refractivity contribution in [3.05, 3.63) is 83.2 Å². The van der Waals surface area contributed by atoms with Gasteiger partial charge in [0.1, 0.15) is 0 Å². The Hall–Kier alpha value is -5.66. The second kappa shape index (κ2) is 11.2. The van der Waals surface area contributed by atoms with Gasteiger partial charge in [-0.05, 0) is 38.1 Å². The van der Waals surface area contributed by atoms with E-state index in [2.05, 4.69) is 21.5 Å². The maximum atomic E-state index is 14.1. The molecule has 0 saturated carbocycles. The topological polar surface area (TPSA) is 175 Å². The van der Waals surface area contributed by atoms with Gasteiger partial charge < -0.3 is 20.1 Å². The Kier molecular flexibility index (Phi) is 7.75. The number of nitrogens with one attached hydrogen (secondary N) is 4. The highest BCUT2D eigenvalue weighted by molar-refractivity contribution is 6.27. The molecule has 0 saturated heterocycles. The lowest BCUT2D eigenvalue weighted by molar-refractivity contribution is -0.152. The minimum atomic E-state index is -2.64. The molecule has 0 fully saturated rings. The third kappa shape index (κ3) is 4.82. The molecule has 0 aromatic heterocycles. The molecule has 0 bridgehead atoms. The molecule has 0 aliphatic carbocycles. The Morgan fingerprint density at radius 1 is 0.634 bits per heavy atom. The van der Waals surface area contributed by atoms with Gasteiger partial charge in [-0.2, -0.15) is 0 Å². The number of nitrogens with zero attached hydrogens (tertiary/aromatic N) is 2. The summed E-state index contributed by atoms with van der Waals surface area (Å²) in [5.74, 6) is -4.59. The molecule has 2 aromatic carbocycles. The molecule has 0 unspecified atom stereocenters. The summed E-state index contributed by atoms with van der Waals surface area (Å²) in [6.45, 7) is 2.58. The Morgan fingerprint density at radius 3 is 1.29 bits per heavy atom. The van der Waals surface area contributed by atoms with E-state index in [1.54, 1.807) is 60.7 Å². The monoisotopic (exact) mass is 562 g/mol. The Labute approximate surface area is 233 Å². The van der Waals surface area contributed by atoms with Crippen LogP contribution >= 0.6 is 0 Å². The van der Waals surface area contributed by atoms with Crippen molar-refractivity contribution >= 4 is 47.2 Å². The fourth-order valence-electron chi connectivity index (χ4n) is 4.69. The number of anilines is 2. The summed E-state index contributed by atoms with van der Waals surface area (Å²) in [6.07, 6.45) is 0. The van der Waals surface area contributed by atoms with E-state index >= 15 is 0 Å². The molecular formula is C27H26N6O8. The molecule has 4 rings (SSSR count). The molecule has 0 atom stereocenters. The number of para-hydroxylation sites is 2. The number of allylic oxidation sites excluding steroid dienone is 2. The number of rotatable bonds is 6. The van der Waals surface area contributed by atoms with E-state index in [1.165, 1.54) is 13.8 Å². The molecule has 0 radical (unpaired) electrons. The second-order valence-electron chi connectivity index (χ2n) is 8.80. The van der Waals surface area contributed by atoms with Gasteiger partial charge in [0.15, 0.2) is 5.41 Å². The van der Waals surface area contributed by atoms with Gasteiger partial charge in [-0.15, -0.1) is 0 Å².